The van der Waals surface area contributed by atoms with Crippen molar-refractivity contribution in [2.75, 3.05) is 0 Å². The zero-order valence-corrected chi connectivity index (χ0v) is 7.47. The first kappa shape index (κ1) is 8.44. The second-order valence-electron chi connectivity index (χ2n) is 3.37. The first-order valence-electron chi connectivity index (χ1n) is 4.62. The maximum absolute atomic E-state index is 11.3. The van der Waals surface area contributed by atoms with Crippen LogP contribution in [-0.2, 0) is 19.4 Å². The van der Waals surface area contributed by atoms with Gasteiger partial charge in [-0.05, 0) is 31.2 Å². The van der Waals surface area contributed by atoms with E-state index in [9.17, 15) is 4.79 Å². The Morgan fingerprint density at radius 3 is 2.92 bits per heavy atom. The molecule has 3 N–H and O–H groups in total. The molecule has 1 aliphatic carbocycles. The highest BCUT2D eigenvalue weighted by Crippen LogP contribution is 2.19. The van der Waals surface area contributed by atoms with Crippen LogP contribution in [0.2, 0.25) is 0 Å². The lowest BCUT2D eigenvalue weighted by Crippen LogP contribution is -2.24. The van der Waals surface area contributed by atoms with Crippen LogP contribution in [0.1, 0.15) is 29.7 Å². The fourth-order valence-electron chi connectivity index (χ4n) is 1.88. The Balaban J connectivity index is 2.59. The molecule has 4 heteroatoms. The molecule has 70 valence electrons. The molecule has 13 heavy (non-hydrogen) atoms. The maximum Gasteiger partial charge on any atom is 0.268 e. The average molecular weight is 179 g/mol. The van der Waals surface area contributed by atoms with Gasteiger partial charge in [0.15, 0.2) is 0 Å². The van der Waals surface area contributed by atoms with Gasteiger partial charge in [0.05, 0.1) is 5.69 Å². The van der Waals surface area contributed by atoms with Gasteiger partial charge in [-0.3, -0.25) is 4.79 Å². The maximum atomic E-state index is 11.3. The predicted molar refractivity (Wildman–Crippen MR) is 49.4 cm³/mol. The van der Waals surface area contributed by atoms with Gasteiger partial charge in [-0.2, -0.15) is 5.10 Å². The summed E-state index contributed by atoms with van der Waals surface area (Å²) in [4.78, 5) is 11.3. The van der Waals surface area contributed by atoms with Gasteiger partial charge in [0.1, 0.15) is 0 Å². The van der Waals surface area contributed by atoms with Crippen LogP contribution < -0.4 is 11.3 Å². The Morgan fingerprint density at radius 1 is 1.38 bits per heavy atom. The molecule has 1 aromatic heterocycles. The molecule has 1 aliphatic rings. The van der Waals surface area contributed by atoms with Crippen LogP contribution in [0.25, 0.3) is 0 Å². The number of fused-ring (bicyclic) bond motifs is 1. The van der Waals surface area contributed by atoms with Crippen LogP contribution in [0.4, 0.5) is 0 Å². The number of hydrogen-bond acceptors (Lipinski definition) is 3. The highest BCUT2D eigenvalue weighted by molar-refractivity contribution is 5.29. The SMILES string of the molecule is NCc1c2c(n[nH]c1=O)CCCC2. The summed E-state index contributed by atoms with van der Waals surface area (Å²) in [5.41, 5.74) is 8.26. The molecule has 0 fully saturated rings. The van der Waals surface area contributed by atoms with E-state index in [4.69, 9.17) is 5.73 Å². The smallest absolute Gasteiger partial charge is 0.268 e. The van der Waals surface area contributed by atoms with Crippen molar-refractivity contribution in [2.24, 2.45) is 5.73 Å². The van der Waals surface area contributed by atoms with Crippen molar-refractivity contribution in [1.29, 1.82) is 0 Å². The normalized spacial score (nSPS) is 15.5. The van der Waals surface area contributed by atoms with Crippen molar-refractivity contribution in [2.45, 2.75) is 32.2 Å². The molecule has 0 saturated carbocycles. The molecular formula is C9H13N3O. The monoisotopic (exact) mass is 179 g/mol. The lowest BCUT2D eigenvalue weighted by Gasteiger charge is -2.15. The number of aromatic amines is 1. The molecule has 0 amide bonds. The number of nitrogens with two attached hydrogens (primary N) is 1. The van der Waals surface area contributed by atoms with E-state index < -0.39 is 0 Å². The van der Waals surface area contributed by atoms with Crippen LogP contribution in [0.15, 0.2) is 4.79 Å². The minimum Gasteiger partial charge on any atom is -0.326 e. The number of aromatic nitrogens is 2. The Kier molecular flexibility index (Phi) is 2.14. The molecule has 0 aromatic carbocycles. The van der Waals surface area contributed by atoms with E-state index in [-0.39, 0.29) is 5.56 Å². The second kappa shape index (κ2) is 3.30. The highest BCUT2D eigenvalue weighted by Gasteiger charge is 2.15. The van der Waals surface area contributed by atoms with E-state index in [1.54, 1.807) is 0 Å². The van der Waals surface area contributed by atoms with Crippen LogP contribution in [0.5, 0.6) is 0 Å². The Hall–Kier alpha value is -1.16. The van der Waals surface area contributed by atoms with Crippen molar-refractivity contribution in [3.8, 4) is 0 Å². The number of rotatable bonds is 1. The largest absolute Gasteiger partial charge is 0.326 e. The fourth-order valence-corrected chi connectivity index (χ4v) is 1.88. The molecule has 4 nitrogen and oxygen atoms in total. The van der Waals surface area contributed by atoms with E-state index in [1.165, 1.54) is 0 Å². The van der Waals surface area contributed by atoms with Gasteiger partial charge >= 0.3 is 0 Å². The molecule has 0 atom stereocenters. The summed E-state index contributed by atoms with van der Waals surface area (Å²) in [7, 11) is 0. The summed E-state index contributed by atoms with van der Waals surface area (Å²) in [6, 6.07) is 0. The zero-order chi connectivity index (χ0) is 9.26. The molecule has 0 bridgehead atoms. The summed E-state index contributed by atoms with van der Waals surface area (Å²) >= 11 is 0. The van der Waals surface area contributed by atoms with E-state index >= 15 is 0 Å². The van der Waals surface area contributed by atoms with Gasteiger partial charge < -0.3 is 5.73 Å². The van der Waals surface area contributed by atoms with Crippen LogP contribution in [0, 0.1) is 0 Å². The third kappa shape index (κ3) is 1.37. The minimum atomic E-state index is -0.122. The Labute approximate surface area is 76.2 Å². The zero-order valence-electron chi connectivity index (χ0n) is 7.47. The van der Waals surface area contributed by atoms with Gasteiger partial charge in [-0.25, -0.2) is 5.10 Å². The summed E-state index contributed by atoms with van der Waals surface area (Å²) in [6.07, 6.45) is 4.24. The molecular weight excluding hydrogens is 166 g/mol. The number of aryl methyl sites for hydroxylation is 1. The highest BCUT2D eigenvalue weighted by atomic mass is 16.1. The van der Waals surface area contributed by atoms with Crippen molar-refractivity contribution in [3.05, 3.63) is 27.2 Å². The van der Waals surface area contributed by atoms with Gasteiger partial charge in [-0.1, -0.05) is 0 Å². The lowest BCUT2D eigenvalue weighted by molar-refractivity contribution is 0.640. The minimum absolute atomic E-state index is 0.122. The fraction of sp³-hybridized carbons (Fsp3) is 0.556. The number of nitrogens with zero attached hydrogens (tertiary/aromatic N) is 1. The number of H-pyrrole nitrogens is 1. The number of hydrogen-bond donors (Lipinski definition) is 2. The summed E-state index contributed by atoms with van der Waals surface area (Å²) in [6.45, 7) is 0.320. The molecule has 0 aliphatic heterocycles. The van der Waals surface area contributed by atoms with Crippen molar-refractivity contribution >= 4 is 0 Å². The first-order chi connectivity index (χ1) is 6.33. The molecule has 0 radical (unpaired) electrons. The average Bonchev–Trinajstić information content (AvgIpc) is 2.18. The molecule has 0 unspecified atom stereocenters. The lowest BCUT2D eigenvalue weighted by atomic mass is 9.93. The van der Waals surface area contributed by atoms with E-state index in [0.29, 0.717) is 6.54 Å². The van der Waals surface area contributed by atoms with Gasteiger partial charge in [-0.15, -0.1) is 0 Å². The van der Waals surface area contributed by atoms with Crippen LogP contribution >= 0.6 is 0 Å². The van der Waals surface area contributed by atoms with Gasteiger partial charge in [0.25, 0.3) is 5.56 Å². The van der Waals surface area contributed by atoms with Crippen LogP contribution in [0.3, 0.4) is 0 Å². The van der Waals surface area contributed by atoms with E-state index in [2.05, 4.69) is 10.2 Å². The second-order valence-corrected chi connectivity index (χ2v) is 3.37. The molecule has 0 spiro atoms. The Bertz CT molecular complexity index is 370. The van der Waals surface area contributed by atoms with Crippen molar-refractivity contribution < 1.29 is 0 Å². The predicted octanol–water partition coefficient (Wildman–Crippen LogP) is 0.107. The standard InChI is InChI=1S/C9H13N3O/c10-5-7-6-3-1-2-4-8(6)11-12-9(7)13/h1-5,10H2,(H,12,13). The number of nitrogens with one attached hydrogen (secondary N) is 1. The molecule has 1 heterocycles. The van der Waals surface area contributed by atoms with Crippen LogP contribution in [-0.4, -0.2) is 10.2 Å². The van der Waals surface area contributed by atoms with E-state index in [1.807, 2.05) is 0 Å². The summed E-state index contributed by atoms with van der Waals surface area (Å²) in [5.74, 6) is 0. The van der Waals surface area contributed by atoms with E-state index in [0.717, 1.165) is 42.5 Å². The molecule has 0 saturated heterocycles. The third-order valence-electron chi connectivity index (χ3n) is 2.57. The summed E-state index contributed by atoms with van der Waals surface area (Å²) < 4.78 is 0. The Morgan fingerprint density at radius 2 is 2.15 bits per heavy atom. The van der Waals surface area contributed by atoms with Crippen molar-refractivity contribution in [3.63, 3.8) is 0 Å². The van der Waals surface area contributed by atoms with Gasteiger partial charge in [0, 0.05) is 12.1 Å². The first-order valence-corrected chi connectivity index (χ1v) is 4.62. The van der Waals surface area contributed by atoms with Crippen molar-refractivity contribution in [1.82, 2.24) is 10.2 Å². The quantitative estimate of drug-likeness (QED) is 0.642. The van der Waals surface area contributed by atoms with Gasteiger partial charge in [0.2, 0.25) is 0 Å². The third-order valence-corrected chi connectivity index (χ3v) is 2.57. The summed E-state index contributed by atoms with van der Waals surface area (Å²) in [5, 5.41) is 6.53. The molecule has 2 rings (SSSR count). The topological polar surface area (TPSA) is 71.8 Å². The molecule has 1 aromatic rings.